The Kier molecular flexibility index (Phi) is 5.19. The Morgan fingerprint density at radius 2 is 1.76 bits per heavy atom. The van der Waals surface area contributed by atoms with Gasteiger partial charge in [-0.3, -0.25) is 0 Å². The van der Waals surface area contributed by atoms with Gasteiger partial charge in [-0.1, -0.05) is 35.9 Å². The summed E-state index contributed by atoms with van der Waals surface area (Å²) in [4.78, 5) is 12.5. The van der Waals surface area contributed by atoms with E-state index < -0.39 is 5.97 Å². The normalized spacial score (nSPS) is 12.3. The first kappa shape index (κ1) is 18.6. The van der Waals surface area contributed by atoms with Gasteiger partial charge in [0.05, 0.1) is 17.2 Å². The number of fused-ring (bicyclic) bond motifs is 1. The van der Waals surface area contributed by atoms with Crippen LogP contribution >= 0.6 is 11.6 Å². The van der Waals surface area contributed by atoms with Gasteiger partial charge in [0.25, 0.3) is 0 Å². The number of nitriles is 1. The molecule has 0 radical (unpaired) electrons. The summed E-state index contributed by atoms with van der Waals surface area (Å²) in [7, 11) is 0. The largest absolute Gasteiger partial charge is 0.454 e. The molecule has 0 amide bonds. The van der Waals surface area contributed by atoms with Gasteiger partial charge in [-0.15, -0.1) is 0 Å². The lowest BCUT2D eigenvalue weighted by Crippen LogP contribution is -2.08. The second kappa shape index (κ2) is 8.09. The molecule has 0 unspecified atom stereocenters. The van der Waals surface area contributed by atoms with Crippen molar-refractivity contribution < 1.29 is 19.0 Å². The van der Waals surface area contributed by atoms with Gasteiger partial charge >= 0.3 is 5.97 Å². The van der Waals surface area contributed by atoms with Crippen molar-refractivity contribution in [1.29, 1.82) is 5.26 Å². The fraction of sp³-hybridized carbons (Fsp3) is 0.0435. The van der Waals surface area contributed by atoms with Crippen LogP contribution < -0.4 is 14.2 Å². The van der Waals surface area contributed by atoms with Crippen LogP contribution in [-0.2, 0) is 0 Å². The first-order chi connectivity index (χ1) is 14.1. The van der Waals surface area contributed by atoms with Crippen molar-refractivity contribution in [1.82, 2.24) is 0 Å². The summed E-state index contributed by atoms with van der Waals surface area (Å²) in [5.41, 5.74) is 2.31. The summed E-state index contributed by atoms with van der Waals surface area (Å²) in [6.45, 7) is 0.136. The molecule has 29 heavy (non-hydrogen) atoms. The SMILES string of the molecule is N#C/C(=C/c1cccc(OC(=O)c2ccc3c(c2)OCO3)c1)c1ccc(Cl)cc1. The fourth-order valence-electron chi connectivity index (χ4n) is 2.83. The average Bonchev–Trinajstić information content (AvgIpc) is 3.21. The van der Waals surface area contributed by atoms with Crippen LogP contribution in [0.3, 0.4) is 0 Å². The van der Waals surface area contributed by atoms with Crippen LogP contribution in [0.15, 0.2) is 66.7 Å². The van der Waals surface area contributed by atoms with Gasteiger partial charge in [0.2, 0.25) is 6.79 Å². The second-order valence-electron chi connectivity index (χ2n) is 6.21. The summed E-state index contributed by atoms with van der Waals surface area (Å²) in [6, 6.07) is 21.0. The Morgan fingerprint density at radius 1 is 1.00 bits per heavy atom. The van der Waals surface area contributed by atoms with E-state index in [1.807, 2.05) is 6.07 Å². The lowest BCUT2D eigenvalue weighted by molar-refractivity contribution is 0.0734. The maximum absolute atomic E-state index is 12.5. The quantitative estimate of drug-likeness (QED) is 0.254. The number of carbonyl (C=O) groups excluding carboxylic acids is 1. The van der Waals surface area contributed by atoms with Crippen molar-refractivity contribution >= 4 is 29.2 Å². The van der Waals surface area contributed by atoms with E-state index >= 15 is 0 Å². The minimum atomic E-state index is -0.511. The van der Waals surface area contributed by atoms with Crippen LogP contribution in [-0.4, -0.2) is 12.8 Å². The average molecular weight is 404 g/mol. The summed E-state index contributed by atoms with van der Waals surface area (Å²) < 4.78 is 16.0. The van der Waals surface area contributed by atoms with E-state index in [-0.39, 0.29) is 6.79 Å². The molecule has 0 aromatic heterocycles. The number of nitrogens with zero attached hydrogens (tertiary/aromatic N) is 1. The zero-order valence-electron chi connectivity index (χ0n) is 15.1. The predicted molar refractivity (Wildman–Crippen MR) is 109 cm³/mol. The highest BCUT2D eigenvalue weighted by atomic mass is 35.5. The second-order valence-corrected chi connectivity index (χ2v) is 6.64. The Hall–Kier alpha value is -3.75. The van der Waals surface area contributed by atoms with E-state index in [0.717, 1.165) is 11.1 Å². The van der Waals surface area contributed by atoms with Crippen molar-refractivity contribution in [3.05, 3.63) is 88.4 Å². The zero-order valence-corrected chi connectivity index (χ0v) is 15.8. The molecular formula is C23H14ClNO4. The molecule has 3 aromatic carbocycles. The summed E-state index contributed by atoms with van der Waals surface area (Å²) in [5, 5.41) is 10.1. The molecule has 1 aliphatic rings. The maximum Gasteiger partial charge on any atom is 0.343 e. The molecule has 0 atom stereocenters. The highest BCUT2D eigenvalue weighted by Gasteiger charge is 2.17. The zero-order chi connectivity index (χ0) is 20.2. The molecule has 0 aliphatic carbocycles. The predicted octanol–water partition coefficient (Wildman–Crippen LogP) is 5.35. The number of rotatable bonds is 4. The Morgan fingerprint density at radius 3 is 2.55 bits per heavy atom. The number of halogens is 1. The van der Waals surface area contributed by atoms with E-state index in [4.69, 9.17) is 25.8 Å². The van der Waals surface area contributed by atoms with Gasteiger partial charge in [0, 0.05) is 5.02 Å². The van der Waals surface area contributed by atoms with Crippen LogP contribution in [0, 0.1) is 11.3 Å². The van der Waals surface area contributed by atoms with Crippen LogP contribution in [0.2, 0.25) is 5.02 Å². The molecule has 4 rings (SSSR count). The molecule has 0 saturated heterocycles. The molecule has 3 aromatic rings. The van der Waals surface area contributed by atoms with Crippen LogP contribution in [0.4, 0.5) is 0 Å². The first-order valence-electron chi connectivity index (χ1n) is 8.72. The lowest BCUT2D eigenvalue weighted by Gasteiger charge is -2.06. The van der Waals surface area contributed by atoms with Crippen molar-refractivity contribution in [2.45, 2.75) is 0 Å². The summed E-state index contributed by atoms with van der Waals surface area (Å²) in [5.74, 6) is 0.968. The van der Waals surface area contributed by atoms with Crippen LogP contribution in [0.25, 0.3) is 11.6 Å². The van der Waals surface area contributed by atoms with Gasteiger partial charge in [0.1, 0.15) is 5.75 Å². The number of benzene rings is 3. The van der Waals surface area contributed by atoms with E-state index in [1.54, 1.807) is 66.7 Å². The van der Waals surface area contributed by atoms with Crippen molar-refractivity contribution in [2.75, 3.05) is 6.79 Å². The minimum Gasteiger partial charge on any atom is -0.454 e. The molecule has 142 valence electrons. The molecule has 0 spiro atoms. The molecule has 0 N–H and O–H groups in total. The van der Waals surface area contributed by atoms with Gasteiger partial charge in [-0.2, -0.15) is 5.26 Å². The van der Waals surface area contributed by atoms with Crippen molar-refractivity contribution in [2.24, 2.45) is 0 Å². The Balaban J connectivity index is 1.54. The van der Waals surface area contributed by atoms with Crippen LogP contribution in [0.1, 0.15) is 21.5 Å². The molecule has 5 nitrogen and oxygen atoms in total. The highest BCUT2D eigenvalue weighted by Crippen LogP contribution is 2.33. The molecule has 1 heterocycles. The maximum atomic E-state index is 12.5. The van der Waals surface area contributed by atoms with Crippen molar-refractivity contribution in [3.63, 3.8) is 0 Å². The summed E-state index contributed by atoms with van der Waals surface area (Å²) >= 11 is 5.90. The summed E-state index contributed by atoms with van der Waals surface area (Å²) in [6.07, 6.45) is 1.72. The van der Waals surface area contributed by atoms with Crippen molar-refractivity contribution in [3.8, 4) is 23.3 Å². The van der Waals surface area contributed by atoms with Gasteiger partial charge < -0.3 is 14.2 Å². The topological polar surface area (TPSA) is 68.5 Å². The third kappa shape index (κ3) is 4.23. The molecular weight excluding hydrogens is 390 g/mol. The Labute approximate surface area is 172 Å². The smallest absolute Gasteiger partial charge is 0.343 e. The fourth-order valence-corrected chi connectivity index (χ4v) is 2.96. The number of hydrogen-bond acceptors (Lipinski definition) is 5. The molecule has 0 bridgehead atoms. The lowest BCUT2D eigenvalue weighted by atomic mass is 10.0. The van der Waals surface area contributed by atoms with E-state index in [2.05, 4.69) is 6.07 Å². The molecule has 0 saturated carbocycles. The molecule has 6 heteroatoms. The standard InChI is InChI=1S/C23H14ClNO4/c24-19-7-4-16(5-8-19)18(13-25)10-15-2-1-3-20(11-15)29-23(26)17-6-9-21-22(12-17)28-14-27-21/h1-12H,14H2/b18-10-. The third-order valence-electron chi connectivity index (χ3n) is 4.26. The number of esters is 1. The number of hydrogen-bond donors (Lipinski definition) is 0. The van der Waals surface area contributed by atoms with E-state index in [1.165, 1.54) is 0 Å². The van der Waals surface area contributed by atoms with Gasteiger partial charge in [0.15, 0.2) is 11.5 Å². The first-order valence-corrected chi connectivity index (χ1v) is 9.10. The number of allylic oxidation sites excluding steroid dienone is 1. The number of carbonyl (C=O) groups is 1. The Bertz CT molecular complexity index is 1150. The number of ether oxygens (including phenoxy) is 3. The highest BCUT2D eigenvalue weighted by molar-refractivity contribution is 6.30. The van der Waals surface area contributed by atoms with Crippen LogP contribution in [0.5, 0.6) is 17.2 Å². The van der Waals surface area contributed by atoms with E-state index in [0.29, 0.717) is 33.4 Å². The van der Waals surface area contributed by atoms with Gasteiger partial charge in [-0.05, 0) is 59.7 Å². The molecule has 1 aliphatic heterocycles. The molecule has 0 fully saturated rings. The minimum absolute atomic E-state index is 0.136. The van der Waals surface area contributed by atoms with Gasteiger partial charge in [-0.25, -0.2) is 4.79 Å². The monoisotopic (exact) mass is 403 g/mol. The van der Waals surface area contributed by atoms with E-state index in [9.17, 15) is 10.1 Å². The third-order valence-corrected chi connectivity index (χ3v) is 4.52.